The summed E-state index contributed by atoms with van der Waals surface area (Å²) >= 11 is 0. The van der Waals surface area contributed by atoms with Gasteiger partial charge in [0.1, 0.15) is 13.2 Å². The average Bonchev–Trinajstić information content (AvgIpc) is 3.34. The fourth-order valence-electron chi connectivity index (χ4n) is 9.55. The van der Waals surface area contributed by atoms with Crippen molar-refractivity contribution in [2.75, 3.05) is 47.5 Å². The molecule has 0 fully saturated rings. The molecule has 0 heterocycles. The molecule has 2 atom stereocenters. The molecule has 0 bridgehead atoms. The molecule has 9 heteroatoms. The van der Waals surface area contributed by atoms with E-state index in [1.54, 1.807) is 0 Å². The summed E-state index contributed by atoms with van der Waals surface area (Å²) in [6.45, 7) is 4.96. The lowest BCUT2D eigenvalue weighted by Gasteiger charge is -2.25. The highest BCUT2D eigenvalue weighted by Crippen LogP contribution is 2.19. The molecule has 0 aliphatic carbocycles. The highest BCUT2D eigenvalue weighted by Gasteiger charge is 2.25. The Hall–Kier alpha value is -1.71. The summed E-state index contributed by atoms with van der Waals surface area (Å²) in [5.74, 6) is -1.97. The molecular formula is C62H122NO8+. The number of hydrogen-bond acceptors (Lipinski definition) is 7. The van der Waals surface area contributed by atoms with Crippen molar-refractivity contribution in [2.45, 2.75) is 334 Å². The summed E-state index contributed by atoms with van der Waals surface area (Å²) in [5, 5.41) is 9.71. The summed E-state index contributed by atoms with van der Waals surface area (Å²) < 4.78 is 22.9. The van der Waals surface area contributed by atoms with E-state index >= 15 is 0 Å². The van der Waals surface area contributed by atoms with Crippen LogP contribution in [0.1, 0.15) is 322 Å². The Kier molecular flexibility index (Phi) is 53.2. The Morgan fingerprint density at radius 2 is 0.634 bits per heavy atom. The number of esters is 2. The van der Waals surface area contributed by atoms with E-state index in [4.69, 9.17) is 18.9 Å². The van der Waals surface area contributed by atoms with Gasteiger partial charge in [0.15, 0.2) is 6.10 Å². The lowest BCUT2D eigenvalue weighted by Crippen LogP contribution is -2.40. The summed E-state index contributed by atoms with van der Waals surface area (Å²) in [7, 11) is 5.99. The molecule has 1 N–H and O–H groups in total. The number of aliphatic carboxylic acids is 1. The first kappa shape index (κ1) is 69.3. The van der Waals surface area contributed by atoms with Crippen molar-refractivity contribution in [3.63, 3.8) is 0 Å². The van der Waals surface area contributed by atoms with Crippen LogP contribution in [0, 0.1) is 0 Å². The number of unbranched alkanes of at least 4 members (excludes halogenated alkanes) is 44. The fourth-order valence-corrected chi connectivity index (χ4v) is 9.55. The second-order valence-electron chi connectivity index (χ2n) is 22.7. The van der Waals surface area contributed by atoms with Gasteiger partial charge in [-0.05, 0) is 12.8 Å². The molecule has 0 aromatic carbocycles. The normalized spacial score (nSPS) is 12.6. The predicted octanol–water partition coefficient (Wildman–Crippen LogP) is 18.4. The van der Waals surface area contributed by atoms with Gasteiger partial charge in [-0.25, -0.2) is 4.79 Å². The maximum absolute atomic E-state index is 12.9. The molecule has 0 rings (SSSR count). The number of likely N-dealkylation sites (N-methyl/N-ethyl adjacent to an activating group) is 1. The van der Waals surface area contributed by atoms with Crippen molar-refractivity contribution in [2.24, 2.45) is 0 Å². The maximum atomic E-state index is 12.9. The smallest absolute Gasteiger partial charge is 0.361 e. The fraction of sp³-hybridized carbons (Fsp3) is 0.952. The topological polar surface area (TPSA) is 108 Å². The highest BCUT2D eigenvalue weighted by atomic mass is 16.7. The standard InChI is InChI=1S/C62H121NO8/c1-6-8-10-12-14-16-18-20-22-24-26-27-28-29-30-31-32-33-35-37-39-41-43-45-47-49-51-53-60(65)71-58(57-70-62(61(66)67)68-55-54-63(3,4)5)56-69-59(64)52-50-48-46-44-42-40-38-36-34-25-23-21-19-17-15-13-11-9-7-2/h58,62H,6-57H2,1-5H3/p+1. The van der Waals surface area contributed by atoms with E-state index in [0.717, 1.165) is 38.5 Å². The number of hydrogen-bond donors (Lipinski definition) is 1. The minimum Gasteiger partial charge on any atom is -0.477 e. The van der Waals surface area contributed by atoms with Crippen LogP contribution in [0.5, 0.6) is 0 Å². The monoisotopic (exact) mass is 1010 g/mol. The van der Waals surface area contributed by atoms with Crippen molar-refractivity contribution in [1.29, 1.82) is 0 Å². The minimum absolute atomic E-state index is 0.172. The lowest BCUT2D eigenvalue weighted by molar-refractivity contribution is -0.870. The maximum Gasteiger partial charge on any atom is 0.361 e. The quantitative estimate of drug-likeness (QED) is 0.0278. The molecule has 0 aromatic heterocycles. The molecule has 0 aromatic rings. The molecule has 0 amide bonds. The van der Waals surface area contributed by atoms with E-state index in [1.807, 2.05) is 21.1 Å². The van der Waals surface area contributed by atoms with E-state index in [9.17, 15) is 19.5 Å². The van der Waals surface area contributed by atoms with Gasteiger partial charge in [-0.1, -0.05) is 296 Å². The molecule has 0 spiro atoms. The van der Waals surface area contributed by atoms with Crippen molar-refractivity contribution in [3.05, 3.63) is 0 Å². The summed E-state index contributed by atoms with van der Waals surface area (Å²) in [5.41, 5.74) is 0. The molecule has 9 nitrogen and oxygen atoms in total. The first-order valence-corrected chi connectivity index (χ1v) is 31.2. The third-order valence-corrected chi connectivity index (χ3v) is 14.4. The third-order valence-electron chi connectivity index (χ3n) is 14.4. The van der Waals surface area contributed by atoms with Gasteiger partial charge in [-0.15, -0.1) is 0 Å². The molecular weight excluding hydrogens is 887 g/mol. The van der Waals surface area contributed by atoms with Crippen LogP contribution in [0.3, 0.4) is 0 Å². The van der Waals surface area contributed by atoms with E-state index in [2.05, 4.69) is 13.8 Å². The number of carbonyl (C=O) groups is 3. The van der Waals surface area contributed by atoms with Crippen LogP contribution in [-0.2, 0) is 33.3 Å². The molecule has 0 aliphatic rings. The van der Waals surface area contributed by atoms with Crippen LogP contribution in [0.4, 0.5) is 0 Å². The Bertz CT molecular complexity index is 1130. The van der Waals surface area contributed by atoms with E-state index in [-0.39, 0.29) is 38.2 Å². The van der Waals surface area contributed by atoms with Crippen molar-refractivity contribution in [1.82, 2.24) is 0 Å². The van der Waals surface area contributed by atoms with Crippen molar-refractivity contribution >= 4 is 17.9 Å². The van der Waals surface area contributed by atoms with Crippen LogP contribution >= 0.6 is 0 Å². The lowest BCUT2D eigenvalue weighted by atomic mass is 10.0. The van der Waals surface area contributed by atoms with Gasteiger partial charge in [-0.2, -0.15) is 0 Å². The zero-order valence-electron chi connectivity index (χ0n) is 48.2. The second kappa shape index (κ2) is 54.5. The average molecular weight is 1010 g/mol. The van der Waals surface area contributed by atoms with Crippen molar-refractivity contribution < 1.29 is 42.9 Å². The van der Waals surface area contributed by atoms with Gasteiger partial charge in [0.25, 0.3) is 6.29 Å². The molecule has 71 heavy (non-hydrogen) atoms. The number of nitrogens with zero attached hydrogens (tertiary/aromatic N) is 1. The first-order chi connectivity index (χ1) is 34.6. The highest BCUT2D eigenvalue weighted by molar-refractivity contribution is 5.71. The van der Waals surface area contributed by atoms with Gasteiger partial charge in [0, 0.05) is 12.8 Å². The molecule has 2 unspecified atom stereocenters. The van der Waals surface area contributed by atoms with Crippen molar-refractivity contribution in [3.8, 4) is 0 Å². The predicted molar refractivity (Wildman–Crippen MR) is 300 cm³/mol. The van der Waals surface area contributed by atoms with Crippen LogP contribution in [-0.4, -0.2) is 87.4 Å². The Labute approximate surface area is 441 Å². The molecule has 0 saturated carbocycles. The Morgan fingerprint density at radius 3 is 0.901 bits per heavy atom. The van der Waals surface area contributed by atoms with E-state index in [0.29, 0.717) is 17.4 Å². The van der Waals surface area contributed by atoms with Gasteiger partial charge in [0.2, 0.25) is 0 Å². The van der Waals surface area contributed by atoms with E-state index < -0.39 is 18.4 Å². The molecule has 0 radical (unpaired) electrons. The van der Waals surface area contributed by atoms with Crippen LogP contribution in [0.15, 0.2) is 0 Å². The molecule has 0 saturated heterocycles. The largest absolute Gasteiger partial charge is 0.477 e. The SMILES string of the molecule is CCCCCCCCCCCCCCCCCCCCCCCCCCCCCC(=O)OC(COC(=O)CCCCCCCCCCCCCCCCCCCCC)COC(OCC[N+](C)(C)C)C(=O)O. The van der Waals surface area contributed by atoms with Crippen LogP contribution in [0.2, 0.25) is 0 Å². The number of carbonyl (C=O) groups excluding carboxylic acids is 2. The zero-order chi connectivity index (χ0) is 52.0. The van der Waals surface area contributed by atoms with Gasteiger partial charge >= 0.3 is 17.9 Å². The Balaban J connectivity index is 4.12. The number of carboxylic acids is 1. The molecule has 0 aliphatic heterocycles. The minimum atomic E-state index is -1.50. The van der Waals surface area contributed by atoms with Crippen LogP contribution in [0.25, 0.3) is 0 Å². The second-order valence-corrected chi connectivity index (χ2v) is 22.7. The Morgan fingerprint density at radius 1 is 0.366 bits per heavy atom. The number of carboxylic acid groups (broad SMARTS) is 1. The third kappa shape index (κ3) is 55.9. The molecule has 422 valence electrons. The number of ether oxygens (including phenoxy) is 4. The summed E-state index contributed by atoms with van der Waals surface area (Å²) in [6.07, 6.45) is 59.1. The van der Waals surface area contributed by atoms with E-state index in [1.165, 1.54) is 257 Å². The first-order valence-electron chi connectivity index (χ1n) is 31.2. The van der Waals surface area contributed by atoms with Gasteiger partial charge < -0.3 is 28.5 Å². The van der Waals surface area contributed by atoms with Crippen LogP contribution < -0.4 is 0 Å². The zero-order valence-corrected chi connectivity index (χ0v) is 48.2. The van der Waals surface area contributed by atoms with Gasteiger partial charge in [0.05, 0.1) is 34.4 Å². The summed E-state index contributed by atoms with van der Waals surface area (Å²) in [4.78, 5) is 37.5. The van der Waals surface area contributed by atoms with Gasteiger partial charge in [-0.3, -0.25) is 9.59 Å². The number of quaternary nitrogens is 1. The summed E-state index contributed by atoms with van der Waals surface area (Å²) in [6, 6.07) is 0. The number of rotatable bonds is 59.